The number of fused-ring (bicyclic) bond motifs is 1. The summed E-state index contributed by atoms with van der Waals surface area (Å²) in [7, 11) is 2.96. The van der Waals surface area contributed by atoms with E-state index in [4.69, 9.17) is 4.74 Å². The highest BCUT2D eigenvalue weighted by Crippen LogP contribution is 2.24. The van der Waals surface area contributed by atoms with Crippen LogP contribution in [0.3, 0.4) is 0 Å². The maximum absolute atomic E-state index is 12.9. The van der Waals surface area contributed by atoms with Crippen LogP contribution in [-0.2, 0) is 25.3 Å². The van der Waals surface area contributed by atoms with E-state index in [0.29, 0.717) is 23.8 Å². The summed E-state index contributed by atoms with van der Waals surface area (Å²) in [5.41, 5.74) is 1.56. The van der Waals surface area contributed by atoms with Crippen molar-refractivity contribution in [3.05, 3.63) is 62.4 Å². The minimum Gasteiger partial charge on any atom is -0.484 e. The average Bonchev–Trinajstić information content (AvgIpc) is 2.76. The largest absolute Gasteiger partial charge is 0.484 e. The molecule has 0 fully saturated rings. The first-order valence-corrected chi connectivity index (χ1v) is 10.3. The van der Waals surface area contributed by atoms with E-state index in [-0.39, 0.29) is 17.6 Å². The van der Waals surface area contributed by atoms with Crippen LogP contribution in [0, 0.1) is 0 Å². The number of amides is 1. The maximum atomic E-state index is 12.9. The van der Waals surface area contributed by atoms with Crippen LogP contribution >= 0.6 is 0 Å². The minimum absolute atomic E-state index is 0.206. The molecule has 0 saturated carbocycles. The highest BCUT2D eigenvalue weighted by atomic mass is 16.5. The number of hydrogen-bond donors (Lipinski definition) is 1. The van der Waals surface area contributed by atoms with Crippen molar-refractivity contribution in [1.82, 2.24) is 14.1 Å². The molecule has 0 aliphatic heterocycles. The van der Waals surface area contributed by atoms with Crippen molar-refractivity contribution in [1.29, 1.82) is 0 Å². The molecular weight excluding hydrogens is 396 g/mol. The van der Waals surface area contributed by atoms with E-state index >= 15 is 0 Å². The summed E-state index contributed by atoms with van der Waals surface area (Å²) < 4.78 is 7.93. The van der Waals surface area contributed by atoms with Crippen LogP contribution in [0.5, 0.6) is 5.75 Å². The van der Waals surface area contributed by atoms with Gasteiger partial charge >= 0.3 is 5.69 Å². The summed E-state index contributed by atoms with van der Waals surface area (Å²) in [4.78, 5) is 42.1. The van der Waals surface area contributed by atoms with Gasteiger partial charge in [0.05, 0.1) is 5.69 Å². The van der Waals surface area contributed by atoms with Crippen molar-refractivity contribution < 1.29 is 9.53 Å². The predicted molar refractivity (Wildman–Crippen MR) is 121 cm³/mol. The van der Waals surface area contributed by atoms with Gasteiger partial charge in [-0.05, 0) is 35.6 Å². The first kappa shape index (κ1) is 22.3. The fraction of sp³-hybridized carbons (Fsp3) is 0.391. The molecule has 31 heavy (non-hydrogen) atoms. The Kier molecular flexibility index (Phi) is 6.58. The molecule has 1 amide bonds. The molecule has 0 aliphatic rings. The van der Waals surface area contributed by atoms with Crippen molar-refractivity contribution in [3.63, 3.8) is 0 Å². The standard InChI is InChI=1S/C23H28N4O4/c1-6-7-16-12-24-21-19(22(29)27(5)23(30)26(21)4)20(16)25-18(28)13-31-17-10-8-15(9-11-17)14(2)3/h8-12,14H,6-7,13H2,1-5H3,(H,24,25,28). The summed E-state index contributed by atoms with van der Waals surface area (Å²) >= 11 is 0. The Morgan fingerprint density at radius 2 is 1.81 bits per heavy atom. The SMILES string of the molecule is CCCc1cnc2c(c1NC(=O)COc1ccc(C(C)C)cc1)c(=O)n(C)c(=O)n2C. The van der Waals surface area contributed by atoms with Gasteiger partial charge in [0.1, 0.15) is 11.1 Å². The van der Waals surface area contributed by atoms with Crippen molar-refractivity contribution in [3.8, 4) is 5.75 Å². The second-order valence-corrected chi connectivity index (χ2v) is 7.87. The van der Waals surface area contributed by atoms with Crippen molar-refractivity contribution in [2.45, 2.75) is 39.5 Å². The van der Waals surface area contributed by atoms with Crippen molar-refractivity contribution in [2.75, 3.05) is 11.9 Å². The Morgan fingerprint density at radius 3 is 2.42 bits per heavy atom. The lowest BCUT2D eigenvalue weighted by Crippen LogP contribution is -2.38. The van der Waals surface area contributed by atoms with Gasteiger partial charge < -0.3 is 10.1 Å². The predicted octanol–water partition coefficient (Wildman–Crippen LogP) is 2.73. The Morgan fingerprint density at radius 1 is 1.13 bits per heavy atom. The van der Waals surface area contributed by atoms with Crippen LogP contribution in [0.2, 0.25) is 0 Å². The Bertz CT molecular complexity index is 1220. The summed E-state index contributed by atoms with van der Waals surface area (Å²) in [5, 5.41) is 3.03. The van der Waals surface area contributed by atoms with Gasteiger partial charge in [0, 0.05) is 20.3 Å². The van der Waals surface area contributed by atoms with E-state index < -0.39 is 17.2 Å². The molecule has 8 heteroatoms. The van der Waals surface area contributed by atoms with Crippen molar-refractivity contribution in [2.24, 2.45) is 14.1 Å². The molecule has 2 heterocycles. The third kappa shape index (κ3) is 4.52. The van der Waals surface area contributed by atoms with E-state index in [0.717, 1.165) is 16.6 Å². The third-order valence-corrected chi connectivity index (χ3v) is 5.25. The van der Waals surface area contributed by atoms with Gasteiger partial charge in [-0.25, -0.2) is 9.78 Å². The summed E-state index contributed by atoms with van der Waals surface area (Å²) in [6, 6.07) is 7.60. The topological polar surface area (TPSA) is 95.2 Å². The molecule has 1 aromatic carbocycles. The lowest BCUT2D eigenvalue weighted by atomic mass is 10.0. The molecule has 0 unspecified atom stereocenters. The number of carbonyl (C=O) groups is 1. The molecule has 164 valence electrons. The maximum Gasteiger partial charge on any atom is 0.332 e. The Hall–Kier alpha value is -3.42. The van der Waals surface area contributed by atoms with Gasteiger partial charge in [-0.3, -0.25) is 18.7 Å². The number of pyridine rings is 1. The Balaban J connectivity index is 1.92. The van der Waals surface area contributed by atoms with Crippen LogP contribution in [0.4, 0.5) is 5.69 Å². The molecule has 1 N–H and O–H groups in total. The molecule has 0 bridgehead atoms. The zero-order valence-electron chi connectivity index (χ0n) is 18.6. The van der Waals surface area contributed by atoms with E-state index in [1.165, 1.54) is 17.2 Å². The van der Waals surface area contributed by atoms with Crippen LogP contribution in [0.25, 0.3) is 11.0 Å². The average molecular weight is 425 g/mol. The lowest BCUT2D eigenvalue weighted by molar-refractivity contribution is -0.118. The smallest absolute Gasteiger partial charge is 0.332 e. The summed E-state index contributed by atoms with van der Waals surface area (Å²) in [5.74, 6) is 0.604. The fourth-order valence-electron chi connectivity index (χ4n) is 3.44. The second-order valence-electron chi connectivity index (χ2n) is 7.87. The fourth-order valence-corrected chi connectivity index (χ4v) is 3.44. The number of nitrogens with one attached hydrogen (secondary N) is 1. The molecule has 2 aromatic heterocycles. The first-order valence-electron chi connectivity index (χ1n) is 10.3. The molecular formula is C23H28N4O4. The number of aryl methyl sites for hydroxylation is 2. The lowest BCUT2D eigenvalue weighted by Gasteiger charge is -2.15. The van der Waals surface area contributed by atoms with E-state index in [9.17, 15) is 14.4 Å². The van der Waals surface area contributed by atoms with Crippen LogP contribution < -0.4 is 21.3 Å². The molecule has 3 aromatic rings. The van der Waals surface area contributed by atoms with Gasteiger partial charge in [-0.2, -0.15) is 0 Å². The number of hydrogen-bond acceptors (Lipinski definition) is 5. The van der Waals surface area contributed by atoms with Gasteiger partial charge in [0.2, 0.25) is 0 Å². The number of benzene rings is 1. The normalized spacial score (nSPS) is 11.2. The minimum atomic E-state index is -0.496. The number of carbonyl (C=O) groups excluding carboxylic acids is 1. The molecule has 3 rings (SSSR count). The van der Waals surface area contributed by atoms with Crippen molar-refractivity contribution >= 4 is 22.6 Å². The molecule has 0 saturated heterocycles. The van der Waals surface area contributed by atoms with Gasteiger partial charge in [-0.15, -0.1) is 0 Å². The third-order valence-electron chi connectivity index (χ3n) is 5.25. The highest BCUT2D eigenvalue weighted by molar-refractivity contribution is 6.01. The highest BCUT2D eigenvalue weighted by Gasteiger charge is 2.19. The molecule has 0 radical (unpaired) electrons. The summed E-state index contributed by atoms with van der Waals surface area (Å²) in [6.07, 6.45) is 3.04. The van der Waals surface area contributed by atoms with E-state index in [1.807, 2.05) is 31.2 Å². The van der Waals surface area contributed by atoms with Gasteiger partial charge in [0.15, 0.2) is 12.3 Å². The van der Waals surface area contributed by atoms with E-state index in [2.05, 4.69) is 24.1 Å². The van der Waals surface area contributed by atoms with Crippen LogP contribution in [-0.4, -0.2) is 26.6 Å². The second kappa shape index (κ2) is 9.16. The quantitative estimate of drug-likeness (QED) is 0.629. The first-order chi connectivity index (χ1) is 14.7. The van der Waals surface area contributed by atoms with E-state index in [1.54, 1.807) is 13.2 Å². The van der Waals surface area contributed by atoms with Gasteiger partial charge in [-0.1, -0.05) is 39.3 Å². The number of rotatable bonds is 7. The number of ether oxygens (including phenoxy) is 1. The number of aromatic nitrogens is 3. The zero-order valence-corrected chi connectivity index (χ0v) is 18.6. The van der Waals surface area contributed by atoms with Crippen LogP contribution in [0.15, 0.2) is 40.1 Å². The summed E-state index contributed by atoms with van der Waals surface area (Å²) in [6.45, 7) is 6.01. The molecule has 8 nitrogen and oxygen atoms in total. The monoisotopic (exact) mass is 424 g/mol. The number of nitrogens with zero attached hydrogens (tertiary/aromatic N) is 3. The zero-order chi connectivity index (χ0) is 22.7. The molecule has 0 spiro atoms. The van der Waals surface area contributed by atoms with Gasteiger partial charge in [0.25, 0.3) is 11.5 Å². The van der Waals surface area contributed by atoms with Crippen LogP contribution in [0.1, 0.15) is 44.2 Å². The molecule has 0 aliphatic carbocycles. The Labute approximate surface area is 180 Å². The number of anilines is 1. The molecule has 0 atom stereocenters.